The summed E-state index contributed by atoms with van der Waals surface area (Å²) in [5, 5.41) is 12.3. The summed E-state index contributed by atoms with van der Waals surface area (Å²) < 4.78 is 5.84. The van der Waals surface area contributed by atoms with Crippen molar-refractivity contribution in [2.75, 3.05) is 13.7 Å². The lowest BCUT2D eigenvalue weighted by molar-refractivity contribution is -0.135. The van der Waals surface area contributed by atoms with Gasteiger partial charge in [-0.25, -0.2) is 4.79 Å². The van der Waals surface area contributed by atoms with Crippen molar-refractivity contribution in [3.63, 3.8) is 0 Å². The lowest BCUT2D eigenvalue weighted by atomic mass is 9.91. The number of pyridine rings is 1. The van der Waals surface area contributed by atoms with Crippen LogP contribution in [0.15, 0.2) is 53.3 Å². The Morgan fingerprint density at radius 1 is 1.11 bits per heavy atom. The van der Waals surface area contributed by atoms with Crippen LogP contribution in [0.2, 0.25) is 0 Å². The van der Waals surface area contributed by atoms with E-state index in [4.69, 9.17) is 9.72 Å². The van der Waals surface area contributed by atoms with Gasteiger partial charge in [0, 0.05) is 34.5 Å². The number of ether oxygens (including phenoxy) is 1. The van der Waals surface area contributed by atoms with E-state index in [0.717, 1.165) is 63.4 Å². The highest BCUT2D eigenvalue weighted by Crippen LogP contribution is 2.37. The molecule has 2 aliphatic rings. The number of alkyl carbamates (subject to hydrolysis) is 1. The van der Waals surface area contributed by atoms with Crippen LogP contribution in [-0.2, 0) is 16.0 Å². The minimum atomic E-state index is -0.643. The number of unbranched alkanes of at least 4 members (excludes halogenated alkanes) is 3. The monoisotopic (exact) mass is 675 g/mol. The Labute approximate surface area is 275 Å². The van der Waals surface area contributed by atoms with Crippen LogP contribution in [0.25, 0.3) is 27.7 Å². The Morgan fingerprint density at radius 3 is 2.56 bits per heavy atom. The van der Waals surface area contributed by atoms with Crippen LogP contribution in [0, 0.1) is 12.8 Å². The molecule has 3 aromatic rings. The summed E-state index contributed by atoms with van der Waals surface area (Å²) >= 11 is 3.72. The number of amides is 2. The van der Waals surface area contributed by atoms with E-state index in [2.05, 4.69) is 82.1 Å². The highest BCUT2D eigenvalue weighted by atomic mass is 79.9. The fourth-order valence-corrected chi connectivity index (χ4v) is 7.04. The van der Waals surface area contributed by atoms with Crippen molar-refractivity contribution in [3.8, 4) is 11.3 Å². The lowest BCUT2D eigenvalue weighted by Gasteiger charge is -2.34. The van der Waals surface area contributed by atoms with Crippen LogP contribution in [0.4, 0.5) is 4.79 Å². The number of nitrogens with zero attached hydrogens (tertiary/aromatic N) is 2. The molecule has 0 saturated carbocycles. The molecular formula is C36H46BrN5O3. The maximum absolute atomic E-state index is 13.6. The summed E-state index contributed by atoms with van der Waals surface area (Å²) in [6.07, 6.45) is 10.9. The molecular weight excluding hydrogens is 630 g/mol. The summed E-state index contributed by atoms with van der Waals surface area (Å²) in [6.45, 7) is 8.96. The number of carbonyl (C=O) groups excluding carboxylic acids is 2. The van der Waals surface area contributed by atoms with E-state index >= 15 is 0 Å². The van der Waals surface area contributed by atoms with Crippen molar-refractivity contribution in [2.24, 2.45) is 5.92 Å². The van der Waals surface area contributed by atoms with E-state index in [-0.39, 0.29) is 24.0 Å². The molecule has 45 heavy (non-hydrogen) atoms. The molecule has 0 bridgehead atoms. The number of rotatable bonds is 11. The molecule has 3 atom stereocenters. The average Bonchev–Trinajstić information content (AvgIpc) is 3.73. The number of halogens is 1. The Bertz CT molecular complexity index is 1570. The van der Waals surface area contributed by atoms with Gasteiger partial charge in [0.25, 0.3) is 0 Å². The van der Waals surface area contributed by atoms with E-state index in [1.165, 1.54) is 37.5 Å². The third kappa shape index (κ3) is 6.98. The quantitative estimate of drug-likeness (QED) is 0.185. The molecule has 5 rings (SSSR count). The Morgan fingerprint density at radius 2 is 1.84 bits per heavy atom. The zero-order chi connectivity index (χ0) is 32.1. The third-order valence-corrected chi connectivity index (χ3v) is 10.0. The second kappa shape index (κ2) is 14.7. The summed E-state index contributed by atoms with van der Waals surface area (Å²) in [5.74, 6) is -0.144. The number of methoxy groups -OCH3 is 1. The number of carbonyl (C=O) groups is 2. The molecule has 0 radical (unpaired) electrons. The zero-order valence-corrected chi connectivity index (χ0v) is 28.7. The fourth-order valence-electron chi connectivity index (χ4n) is 6.70. The van der Waals surface area contributed by atoms with E-state index in [0.29, 0.717) is 6.54 Å². The second-order valence-corrected chi connectivity index (χ2v) is 13.4. The summed E-state index contributed by atoms with van der Waals surface area (Å²) in [5.41, 5.74) is 6.87. The van der Waals surface area contributed by atoms with Crippen molar-refractivity contribution in [3.05, 3.63) is 70.0 Å². The van der Waals surface area contributed by atoms with Gasteiger partial charge in [-0.2, -0.15) is 0 Å². The van der Waals surface area contributed by atoms with Gasteiger partial charge in [0.2, 0.25) is 5.91 Å². The molecule has 2 aliphatic heterocycles. The number of hydrogen-bond donors (Lipinski definition) is 3. The highest BCUT2D eigenvalue weighted by Gasteiger charge is 2.40. The van der Waals surface area contributed by atoms with Gasteiger partial charge in [0.05, 0.1) is 24.5 Å². The molecule has 1 fully saturated rings. The standard InChI is InChI=1S/C36H46BrN5O3/c1-6-7-8-9-13-24-23(4)29(37)20-38-33(24)28-18-17-27(25-14-10-11-15-26(25)28)30-21-39-34(40-30)31-16-12-19-42(31)35(43)32(22(2)3)41-36(44)45-5/h10-11,14-15,17-18,20-22,31-32,34,39-40H,6-9,12-13,16,19H2,1-5H3,(H,41,44). The van der Waals surface area contributed by atoms with Crippen molar-refractivity contribution in [1.29, 1.82) is 0 Å². The van der Waals surface area contributed by atoms with E-state index in [1.807, 2.05) is 31.1 Å². The fraction of sp³-hybridized carbons (Fsp3) is 0.472. The number of likely N-dealkylation sites (tertiary alicyclic amines) is 1. The molecule has 240 valence electrons. The minimum Gasteiger partial charge on any atom is -0.453 e. The van der Waals surface area contributed by atoms with Gasteiger partial charge in [-0.05, 0) is 76.4 Å². The number of fused-ring (bicyclic) bond motifs is 1. The van der Waals surface area contributed by atoms with Crippen molar-refractivity contribution < 1.29 is 14.3 Å². The van der Waals surface area contributed by atoms with E-state index < -0.39 is 12.1 Å². The van der Waals surface area contributed by atoms with Gasteiger partial charge in [0.1, 0.15) is 12.2 Å². The Kier molecular flexibility index (Phi) is 10.7. The summed E-state index contributed by atoms with van der Waals surface area (Å²) in [7, 11) is 1.32. The molecule has 3 N–H and O–H groups in total. The molecule has 2 amide bonds. The first-order valence-electron chi connectivity index (χ1n) is 16.3. The van der Waals surface area contributed by atoms with E-state index in [9.17, 15) is 9.59 Å². The molecule has 3 heterocycles. The van der Waals surface area contributed by atoms with Crippen molar-refractivity contribution in [2.45, 2.75) is 90.9 Å². The maximum atomic E-state index is 13.6. The van der Waals surface area contributed by atoms with Crippen molar-refractivity contribution in [1.82, 2.24) is 25.8 Å². The zero-order valence-electron chi connectivity index (χ0n) is 27.1. The van der Waals surface area contributed by atoms with E-state index in [1.54, 1.807) is 0 Å². The first-order chi connectivity index (χ1) is 21.7. The smallest absolute Gasteiger partial charge is 0.407 e. The molecule has 3 unspecified atom stereocenters. The van der Waals surface area contributed by atoms with Gasteiger partial charge in [0.15, 0.2) is 0 Å². The number of benzene rings is 2. The number of nitrogens with one attached hydrogen (secondary N) is 3. The predicted octanol–water partition coefficient (Wildman–Crippen LogP) is 7.28. The molecule has 8 nitrogen and oxygen atoms in total. The van der Waals surface area contributed by atoms with Gasteiger partial charge < -0.3 is 25.6 Å². The van der Waals surface area contributed by atoms with Gasteiger partial charge in [-0.1, -0.05) is 76.4 Å². The summed E-state index contributed by atoms with van der Waals surface area (Å²) in [4.78, 5) is 32.5. The number of hydrogen-bond acceptors (Lipinski definition) is 6. The van der Waals surface area contributed by atoms with Crippen LogP contribution in [0.1, 0.15) is 76.0 Å². The van der Waals surface area contributed by atoms with Crippen LogP contribution < -0.4 is 16.0 Å². The first-order valence-corrected chi connectivity index (χ1v) is 17.1. The molecule has 9 heteroatoms. The predicted molar refractivity (Wildman–Crippen MR) is 184 cm³/mol. The topological polar surface area (TPSA) is 95.6 Å². The van der Waals surface area contributed by atoms with Crippen LogP contribution in [-0.4, -0.2) is 53.8 Å². The minimum absolute atomic E-state index is 0.0531. The highest BCUT2D eigenvalue weighted by molar-refractivity contribution is 9.10. The normalized spacial score (nSPS) is 18.5. The van der Waals surface area contributed by atoms with Gasteiger partial charge in [-0.3, -0.25) is 9.78 Å². The molecule has 0 aliphatic carbocycles. The maximum Gasteiger partial charge on any atom is 0.407 e. The lowest BCUT2D eigenvalue weighted by Crippen LogP contribution is -2.57. The second-order valence-electron chi connectivity index (χ2n) is 12.5. The SMILES string of the molecule is CCCCCCc1c(-c2ccc(C3=CNC(C4CCCN4C(=O)C(NC(=O)OC)C(C)C)N3)c3ccccc23)ncc(Br)c1C. The van der Waals surface area contributed by atoms with Crippen molar-refractivity contribution >= 4 is 44.4 Å². The molecule has 1 saturated heterocycles. The molecule has 1 aromatic heterocycles. The Balaban J connectivity index is 1.40. The largest absolute Gasteiger partial charge is 0.453 e. The molecule has 2 aromatic carbocycles. The van der Waals surface area contributed by atoms with Gasteiger partial charge >= 0.3 is 6.09 Å². The van der Waals surface area contributed by atoms with Crippen LogP contribution in [0.3, 0.4) is 0 Å². The Hall–Kier alpha value is -3.59. The molecule has 0 spiro atoms. The third-order valence-electron chi connectivity index (χ3n) is 9.23. The van der Waals surface area contributed by atoms with Crippen LogP contribution >= 0.6 is 15.9 Å². The summed E-state index contributed by atoms with van der Waals surface area (Å²) in [6, 6.07) is 12.2. The van der Waals surface area contributed by atoms with Crippen LogP contribution in [0.5, 0.6) is 0 Å². The first kappa shape index (κ1) is 32.8. The average molecular weight is 677 g/mol. The van der Waals surface area contributed by atoms with Gasteiger partial charge in [-0.15, -0.1) is 0 Å². The number of aromatic nitrogens is 1.